The lowest BCUT2D eigenvalue weighted by Crippen LogP contribution is -2.59. The molecule has 2 unspecified atom stereocenters. The van der Waals surface area contributed by atoms with Gasteiger partial charge >= 0.3 is 18.0 Å². The summed E-state index contributed by atoms with van der Waals surface area (Å²) in [6.07, 6.45) is -5.01. The smallest absolute Gasteiger partial charge is 0.327 e. The number of rotatable bonds is 4. The third kappa shape index (κ3) is 3.64. The van der Waals surface area contributed by atoms with E-state index in [1.165, 1.54) is 0 Å². The van der Waals surface area contributed by atoms with Crippen molar-refractivity contribution < 1.29 is 31.5 Å². The van der Waals surface area contributed by atoms with Gasteiger partial charge in [-0.15, -0.1) is 11.6 Å². The molecule has 1 heterocycles. The van der Waals surface area contributed by atoms with Gasteiger partial charge in [-0.1, -0.05) is 13.3 Å². The summed E-state index contributed by atoms with van der Waals surface area (Å²) in [7, 11) is 0. The molecule has 0 N–H and O–H groups in total. The first kappa shape index (κ1) is 18.1. The summed E-state index contributed by atoms with van der Waals surface area (Å²) in [5.74, 6) is -9.15. The number of hydrogen-bond acceptors (Lipinski definition) is 2. The van der Waals surface area contributed by atoms with E-state index >= 15 is 0 Å². The van der Waals surface area contributed by atoms with Crippen LogP contribution in [-0.4, -0.2) is 47.2 Å². The summed E-state index contributed by atoms with van der Waals surface area (Å²) in [6.45, 7) is 1.50. The molecule has 1 aliphatic heterocycles. The largest absolute Gasteiger partial charge is 0.463 e. The monoisotopic (exact) mass is 335 g/mol. The van der Waals surface area contributed by atoms with Crippen molar-refractivity contribution in [1.29, 1.82) is 0 Å². The summed E-state index contributed by atoms with van der Waals surface area (Å²) in [5.41, 5.74) is 0. The molecular weight excluding hydrogens is 321 g/mol. The number of alkyl halides is 6. The first-order chi connectivity index (χ1) is 9.56. The number of carbonyl (C=O) groups is 2. The van der Waals surface area contributed by atoms with Crippen LogP contribution in [0, 0.1) is 5.92 Å². The van der Waals surface area contributed by atoms with E-state index in [-0.39, 0.29) is 25.3 Å². The number of amides is 1. The van der Waals surface area contributed by atoms with Crippen LogP contribution in [0.3, 0.4) is 0 Å². The maximum atomic E-state index is 13.2. The van der Waals surface area contributed by atoms with Gasteiger partial charge in [-0.2, -0.15) is 22.0 Å². The van der Waals surface area contributed by atoms with Crippen LogP contribution in [0.4, 0.5) is 22.0 Å². The minimum absolute atomic E-state index is 0.00859. The Balaban J connectivity index is 3.03. The van der Waals surface area contributed by atoms with E-state index < -0.39 is 35.7 Å². The first-order valence-electron chi connectivity index (χ1n) is 6.40. The Labute approximate surface area is 123 Å². The molecule has 0 aromatic rings. The standard InChI is InChI=1S/C12H15ClF5NO2/c1-2-7-3-4-19(8(5-7)9(20)6-13)10(21)11(14,15)12(16,17)18/h7-8H,2-6H2,1H3. The number of halogens is 6. The Hall–Kier alpha value is -0.920. The van der Waals surface area contributed by atoms with Crippen molar-refractivity contribution in [2.75, 3.05) is 12.4 Å². The van der Waals surface area contributed by atoms with Crippen molar-refractivity contribution >= 4 is 23.3 Å². The van der Waals surface area contributed by atoms with Gasteiger partial charge in [0.2, 0.25) is 0 Å². The van der Waals surface area contributed by atoms with Crippen molar-refractivity contribution in [2.24, 2.45) is 5.92 Å². The third-order valence-corrected chi connectivity index (χ3v) is 3.94. The van der Waals surface area contributed by atoms with Crippen molar-refractivity contribution in [2.45, 2.75) is 44.3 Å². The topological polar surface area (TPSA) is 37.4 Å². The molecule has 1 saturated heterocycles. The molecule has 0 aromatic heterocycles. The average molecular weight is 336 g/mol. The fourth-order valence-corrected chi connectivity index (χ4v) is 2.53. The molecular formula is C12H15ClF5NO2. The Kier molecular flexibility index (Phi) is 5.57. The number of nitrogens with zero attached hydrogens (tertiary/aromatic N) is 1. The normalized spacial score (nSPS) is 24.0. The Morgan fingerprint density at radius 1 is 1.24 bits per heavy atom. The van der Waals surface area contributed by atoms with Crippen LogP contribution in [0.25, 0.3) is 0 Å². The SMILES string of the molecule is CCC1CCN(C(=O)C(F)(F)C(F)(F)F)C(C(=O)CCl)C1. The molecule has 1 fully saturated rings. The fraction of sp³-hybridized carbons (Fsp3) is 0.833. The fourth-order valence-electron chi connectivity index (χ4n) is 2.35. The van der Waals surface area contributed by atoms with E-state index in [1.54, 1.807) is 0 Å². The summed E-state index contributed by atoms with van der Waals surface area (Å²) in [4.78, 5) is 23.5. The van der Waals surface area contributed by atoms with Gasteiger partial charge < -0.3 is 4.90 Å². The lowest BCUT2D eigenvalue weighted by atomic mass is 9.87. The molecule has 0 aliphatic carbocycles. The van der Waals surface area contributed by atoms with Crippen molar-refractivity contribution in [1.82, 2.24) is 4.90 Å². The highest BCUT2D eigenvalue weighted by Gasteiger charge is 2.65. The van der Waals surface area contributed by atoms with E-state index in [0.717, 1.165) is 0 Å². The van der Waals surface area contributed by atoms with Gasteiger partial charge in [0.25, 0.3) is 0 Å². The molecule has 1 aliphatic rings. The van der Waals surface area contributed by atoms with Crippen LogP contribution in [-0.2, 0) is 9.59 Å². The van der Waals surface area contributed by atoms with Crippen LogP contribution in [0.5, 0.6) is 0 Å². The second-order valence-electron chi connectivity index (χ2n) is 4.99. The molecule has 0 bridgehead atoms. The van der Waals surface area contributed by atoms with Gasteiger partial charge in [-0.3, -0.25) is 9.59 Å². The number of hydrogen-bond donors (Lipinski definition) is 0. The summed E-state index contributed by atoms with van der Waals surface area (Å²) >= 11 is 5.35. The van der Waals surface area contributed by atoms with E-state index in [1.807, 2.05) is 6.92 Å². The highest BCUT2D eigenvalue weighted by Crippen LogP contribution is 2.39. The number of likely N-dealkylation sites (tertiary alicyclic amines) is 1. The van der Waals surface area contributed by atoms with Crippen LogP contribution < -0.4 is 0 Å². The van der Waals surface area contributed by atoms with Gasteiger partial charge in [-0.05, 0) is 18.8 Å². The molecule has 0 radical (unpaired) electrons. The van der Waals surface area contributed by atoms with Gasteiger partial charge in [-0.25, -0.2) is 0 Å². The highest BCUT2D eigenvalue weighted by atomic mass is 35.5. The molecule has 9 heteroatoms. The molecule has 0 spiro atoms. The molecule has 3 nitrogen and oxygen atoms in total. The molecule has 122 valence electrons. The third-order valence-electron chi connectivity index (χ3n) is 3.68. The second kappa shape index (κ2) is 6.46. The van der Waals surface area contributed by atoms with Crippen molar-refractivity contribution in [3.8, 4) is 0 Å². The minimum Gasteiger partial charge on any atom is -0.327 e. The number of ketones is 1. The van der Waals surface area contributed by atoms with E-state index in [9.17, 15) is 31.5 Å². The maximum Gasteiger partial charge on any atom is 0.463 e. The highest BCUT2D eigenvalue weighted by molar-refractivity contribution is 6.28. The summed E-state index contributed by atoms with van der Waals surface area (Å²) < 4.78 is 63.2. The summed E-state index contributed by atoms with van der Waals surface area (Å²) in [5, 5.41) is 0. The predicted molar refractivity (Wildman–Crippen MR) is 65.2 cm³/mol. The Morgan fingerprint density at radius 3 is 2.24 bits per heavy atom. The number of piperidine rings is 1. The number of Topliss-reactive ketones (excluding diaryl/α,β-unsaturated/α-hetero) is 1. The zero-order chi connectivity index (χ0) is 16.4. The predicted octanol–water partition coefficient (Wildman–Crippen LogP) is 3.01. The molecule has 0 aromatic carbocycles. The summed E-state index contributed by atoms with van der Waals surface area (Å²) in [6, 6.07) is -1.32. The molecule has 0 saturated carbocycles. The molecule has 21 heavy (non-hydrogen) atoms. The Morgan fingerprint density at radius 2 is 1.81 bits per heavy atom. The lowest BCUT2D eigenvalue weighted by Gasteiger charge is -2.39. The second-order valence-corrected chi connectivity index (χ2v) is 5.25. The van der Waals surface area contributed by atoms with Crippen LogP contribution in [0.1, 0.15) is 26.2 Å². The van der Waals surface area contributed by atoms with E-state index in [4.69, 9.17) is 11.6 Å². The molecule has 2 atom stereocenters. The maximum absolute atomic E-state index is 13.2. The van der Waals surface area contributed by atoms with Gasteiger partial charge in [0, 0.05) is 6.54 Å². The van der Waals surface area contributed by atoms with Crippen LogP contribution >= 0.6 is 11.6 Å². The van der Waals surface area contributed by atoms with Crippen molar-refractivity contribution in [3.63, 3.8) is 0 Å². The molecule has 1 rings (SSSR count). The van der Waals surface area contributed by atoms with Crippen molar-refractivity contribution in [3.05, 3.63) is 0 Å². The van der Waals surface area contributed by atoms with E-state index in [2.05, 4.69) is 0 Å². The van der Waals surface area contributed by atoms with Gasteiger partial charge in [0.1, 0.15) is 0 Å². The lowest BCUT2D eigenvalue weighted by molar-refractivity contribution is -0.275. The van der Waals surface area contributed by atoms with E-state index in [0.29, 0.717) is 11.3 Å². The van der Waals surface area contributed by atoms with Gasteiger partial charge in [0.05, 0.1) is 11.9 Å². The zero-order valence-corrected chi connectivity index (χ0v) is 12.0. The van der Waals surface area contributed by atoms with Crippen LogP contribution in [0.2, 0.25) is 0 Å². The number of carbonyl (C=O) groups excluding carboxylic acids is 2. The van der Waals surface area contributed by atoms with Crippen LogP contribution in [0.15, 0.2) is 0 Å². The zero-order valence-electron chi connectivity index (χ0n) is 11.2. The average Bonchev–Trinajstić information content (AvgIpc) is 2.43. The minimum atomic E-state index is -5.99. The quantitative estimate of drug-likeness (QED) is 0.585. The Bertz CT molecular complexity index is 413. The molecule has 1 amide bonds. The first-order valence-corrected chi connectivity index (χ1v) is 6.94. The van der Waals surface area contributed by atoms with Gasteiger partial charge in [0.15, 0.2) is 5.78 Å².